The first kappa shape index (κ1) is 23.9. The van der Waals surface area contributed by atoms with Crippen molar-refractivity contribution < 1.29 is 0 Å². The highest BCUT2D eigenvalue weighted by Gasteiger charge is 2.30. The predicted octanol–water partition coefficient (Wildman–Crippen LogP) is 5.91. The first-order valence-electron chi connectivity index (χ1n) is 11.4. The fourth-order valence-corrected chi connectivity index (χ4v) is 3.41. The lowest BCUT2D eigenvalue weighted by Gasteiger charge is -2.31. The van der Waals surface area contributed by atoms with Crippen molar-refractivity contribution in [2.24, 2.45) is 20.0 Å². The molecule has 3 aliphatic rings. The van der Waals surface area contributed by atoms with Crippen molar-refractivity contribution in [3.8, 4) is 0 Å². The van der Waals surface area contributed by atoms with Crippen LogP contribution in [-0.2, 0) is 0 Å². The van der Waals surface area contributed by atoms with Crippen molar-refractivity contribution in [3.05, 3.63) is 83.1 Å². The lowest BCUT2D eigenvalue weighted by molar-refractivity contribution is 0.738. The Labute approximate surface area is 197 Å². The van der Waals surface area contributed by atoms with E-state index in [1.165, 1.54) is 11.9 Å². The number of benzene rings is 2. The summed E-state index contributed by atoms with van der Waals surface area (Å²) in [5, 5.41) is 0. The van der Waals surface area contributed by atoms with Crippen LogP contribution >= 0.6 is 0 Å². The normalized spacial score (nSPS) is 15.2. The van der Waals surface area contributed by atoms with Gasteiger partial charge in [-0.3, -0.25) is 0 Å². The Morgan fingerprint density at radius 2 is 1.36 bits per heavy atom. The molecule has 2 aromatic rings. The maximum absolute atomic E-state index is 4.74. The summed E-state index contributed by atoms with van der Waals surface area (Å²) in [6.45, 7) is 10.1. The molecule has 0 fully saturated rings. The third-order valence-electron chi connectivity index (χ3n) is 5.04. The van der Waals surface area contributed by atoms with Crippen LogP contribution in [0, 0.1) is 6.92 Å². The number of aliphatic imine (C=N–C) groups is 4. The molecule has 3 heterocycles. The molecule has 0 aliphatic carbocycles. The molecule has 0 unspecified atom stereocenters. The summed E-state index contributed by atoms with van der Waals surface area (Å²) in [7, 11) is 4.06. The third kappa shape index (κ3) is 5.00. The number of guanidine groups is 2. The van der Waals surface area contributed by atoms with Gasteiger partial charge in [0.05, 0.1) is 17.1 Å². The van der Waals surface area contributed by atoms with E-state index >= 15 is 0 Å². The third-order valence-corrected chi connectivity index (χ3v) is 5.04. The molecule has 0 amide bonds. The van der Waals surface area contributed by atoms with Crippen LogP contribution in [0.1, 0.15) is 44.4 Å². The fourth-order valence-electron chi connectivity index (χ4n) is 3.41. The average Bonchev–Trinajstić information content (AvgIpc) is 2.87. The van der Waals surface area contributed by atoms with E-state index in [-0.39, 0.29) is 0 Å². The van der Waals surface area contributed by atoms with E-state index in [4.69, 9.17) is 9.98 Å². The lowest BCUT2D eigenvalue weighted by Crippen LogP contribution is -2.40. The zero-order valence-electron chi connectivity index (χ0n) is 20.5. The van der Waals surface area contributed by atoms with Crippen LogP contribution in [0.25, 0.3) is 5.70 Å². The molecule has 0 N–H and O–H groups in total. The standard InChI is InChI=1S/C23H20N6.2C2H6/c1-15-4-6-16(7-5-15)20-12-19-13-21(17-8-10-18(11-9-17)28(2)3)27-23-25-14-24-22(26-20)29(19)23;2*1-2/h4-14H,1-3H3;2*1-2H3. The van der Waals surface area contributed by atoms with Crippen molar-refractivity contribution in [2.75, 3.05) is 19.0 Å². The zero-order chi connectivity index (χ0) is 24.0. The summed E-state index contributed by atoms with van der Waals surface area (Å²) in [5.74, 6) is 1.17. The highest BCUT2D eigenvalue weighted by Crippen LogP contribution is 2.30. The molecule has 33 heavy (non-hydrogen) atoms. The summed E-state index contributed by atoms with van der Waals surface area (Å²) < 4.78 is 0. The molecule has 6 heteroatoms. The first-order valence-corrected chi connectivity index (χ1v) is 11.4. The van der Waals surface area contributed by atoms with Gasteiger partial charge in [0.2, 0.25) is 11.9 Å². The Balaban J connectivity index is 0.000000728. The van der Waals surface area contributed by atoms with Crippen LogP contribution < -0.4 is 4.90 Å². The Morgan fingerprint density at radius 3 is 2.00 bits per heavy atom. The van der Waals surface area contributed by atoms with E-state index in [2.05, 4.69) is 82.5 Å². The number of hydrogen-bond donors (Lipinski definition) is 0. The average molecular weight is 441 g/mol. The van der Waals surface area contributed by atoms with Gasteiger partial charge in [-0.1, -0.05) is 69.7 Å². The van der Waals surface area contributed by atoms with Crippen LogP contribution in [0.3, 0.4) is 0 Å². The highest BCUT2D eigenvalue weighted by atomic mass is 15.4. The smallest absolute Gasteiger partial charge is 0.239 e. The molecule has 0 aromatic heterocycles. The van der Waals surface area contributed by atoms with Crippen molar-refractivity contribution >= 4 is 35.4 Å². The number of aryl methyl sites for hydroxylation is 1. The van der Waals surface area contributed by atoms with E-state index < -0.39 is 0 Å². The maximum Gasteiger partial charge on any atom is 0.239 e. The fraction of sp³-hybridized carbons (Fsp3) is 0.259. The zero-order valence-corrected chi connectivity index (χ0v) is 20.5. The summed E-state index contributed by atoms with van der Waals surface area (Å²) in [5.41, 5.74) is 7.18. The van der Waals surface area contributed by atoms with Crippen LogP contribution in [0.15, 0.2) is 86.3 Å². The molecular weight excluding hydrogens is 408 g/mol. The molecule has 0 radical (unpaired) electrons. The number of anilines is 1. The van der Waals surface area contributed by atoms with Crippen molar-refractivity contribution in [1.82, 2.24) is 4.90 Å². The van der Waals surface area contributed by atoms with Gasteiger partial charge in [0.25, 0.3) is 0 Å². The van der Waals surface area contributed by atoms with Crippen molar-refractivity contribution in [3.63, 3.8) is 0 Å². The Kier molecular flexibility index (Phi) is 7.72. The molecule has 170 valence electrons. The molecule has 0 bridgehead atoms. The van der Waals surface area contributed by atoms with E-state index in [1.54, 1.807) is 0 Å². The molecule has 0 atom stereocenters. The molecule has 2 aromatic carbocycles. The van der Waals surface area contributed by atoms with Crippen LogP contribution in [-0.4, -0.2) is 43.0 Å². The van der Waals surface area contributed by atoms with E-state index in [1.807, 2.05) is 46.7 Å². The largest absolute Gasteiger partial charge is 0.378 e. The van der Waals surface area contributed by atoms with Crippen LogP contribution in [0.5, 0.6) is 0 Å². The number of nitrogens with zero attached hydrogens (tertiary/aromatic N) is 6. The highest BCUT2D eigenvalue weighted by molar-refractivity contribution is 6.22. The summed E-state index contributed by atoms with van der Waals surface area (Å²) >= 11 is 0. The van der Waals surface area contributed by atoms with Gasteiger partial charge >= 0.3 is 0 Å². The minimum absolute atomic E-state index is 0.585. The number of rotatable bonds is 3. The second kappa shape index (κ2) is 10.7. The SMILES string of the molecule is CC.CC.Cc1ccc(C2=NC3=NC=NC4=NC(c5ccc(N(C)C)cc5)=CC(=C2)N34)cc1. The molecule has 3 aliphatic heterocycles. The minimum Gasteiger partial charge on any atom is -0.378 e. The number of hydrogen-bond acceptors (Lipinski definition) is 6. The van der Waals surface area contributed by atoms with Gasteiger partial charge in [-0.25, -0.2) is 24.9 Å². The second-order valence-electron chi connectivity index (χ2n) is 7.32. The lowest BCUT2D eigenvalue weighted by atomic mass is 10.0. The van der Waals surface area contributed by atoms with Crippen LogP contribution in [0.4, 0.5) is 5.69 Å². The van der Waals surface area contributed by atoms with Crippen molar-refractivity contribution in [1.29, 1.82) is 0 Å². The van der Waals surface area contributed by atoms with Gasteiger partial charge in [0.15, 0.2) is 0 Å². The maximum atomic E-state index is 4.74. The predicted molar refractivity (Wildman–Crippen MR) is 142 cm³/mol. The molecule has 0 spiro atoms. The first-order chi connectivity index (χ1) is 16.1. The molecule has 6 nitrogen and oxygen atoms in total. The van der Waals surface area contributed by atoms with Gasteiger partial charge < -0.3 is 4.90 Å². The van der Waals surface area contributed by atoms with Crippen molar-refractivity contribution in [2.45, 2.75) is 34.6 Å². The Bertz CT molecular complexity index is 1160. The van der Waals surface area contributed by atoms with Gasteiger partial charge in [-0.2, -0.15) is 0 Å². The quantitative estimate of drug-likeness (QED) is 0.596. The Hall–Kier alpha value is -3.80. The Morgan fingerprint density at radius 1 is 0.727 bits per heavy atom. The van der Waals surface area contributed by atoms with E-state index in [0.29, 0.717) is 11.9 Å². The minimum atomic E-state index is 0.585. The number of allylic oxidation sites excluding steroid dienone is 2. The van der Waals surface area contributed by atoms with E-state index in [9.17, 15) is 0 Å². The summed E-state index contributed by atoms with van der Waals surface area (Å²) in [6, 6.07) is 16.7. The molecular formula is C27H32N6. The van der Waals surface area contributed by atoms with Gasteiger partial charge in [-0.15, -0.1) is 0 Å². The van der Waals surface area contributed by atoms with Gasteiger partial charge in [0, 0.05) is 30.9 Å². The topological polar surface area (TPSA) is 55.9 Å². The second-order valence-corrected chi connectivity index (χ2v) is 7.32. The van der Waals surface area contributed by atoms with Gasteiger partial charge in [-0.05, 0) is 31.2 Å². The van der Waals surface area contributed by atoms with Crippen LogP contribution in [0.2, 0.25) is 0 Å². The molecule has 0 saturated heterocycles. The van der Waals surface area contributed by atoms with Gasteiger partial charge in [0.1, 0.15) is 6.34 Å². The summed E-state index contributed by atoms with van der Waals surface area (Å²) in [4.78, 5) is 22.2. The summed E-state index contributed by atoms with van der Waals surface area (Å²) in [6.07, 6.45) is 5.64. The molecule has 5 rings (SSSR count). The van der Waals surface area contributed by atoms with E-state index in [0.717, 1.165) is 33.9 Å². The monoisotopic (exact) mass is 440 g/mol. The molecule has 0 saturated carbocycles.